The van der Waals surface area contributed by atoms with Crippen molar-refractivity contribution in [3.8, 4) is 0 Å². The fraction of sp³-hybridized carbons (Fsp3) is 0.562. The minimum absolute atomic E-state index is 0. The number of nitrogens with one attached hydrogen (secondary N) is 1. The molecule has 0 radical (unpaired) electrons. The Morgan fingerprint density at radius 2 is 2.21 bits per heavy atom. The minimum Gasteiger partial charge on any atom is -0.476 e. The first-order valence-corrected chi connectivity index (χ1v) is 8.65. The number of carbonyl (C=O) groups excluding carboxylic acids is 2. The summed E-state index contributed by atoms with van der Waals surface area (Å²) in [4.78, 5) is 28.1. The minimum atomic E-state index is -0.632. The molecule has 0 bridgehead atoms. The predicted octanol–water partition coefficient (Wildman–Crippen LogP) is 2.75. The molecule has 1 aromatic heterocycles. The Kier molecular flexibility index (Phi) is 7.83. The monoisotopic (exact) mass is 373 g/mol. The van der Waals surface area contributed by atoms with E-state index in [1.54, 1.807) is 6.26 Å². The molecule has 6 nitrogen and oxygen atoms in total. The number of imidazole rings is 1. The van der Waals surface area contributed by atoms with Crippen molar-refractivity contribution in [1.29, 1.82) is 0 Å². The Bertz CT molecular complexity index is 608. The lowest BCUT2D eigenvalue weighted by Crippen LogP contribution is -2.45. The summed E-state index contributed by atoms with van der Waals surface area (Å²) in [6.45, 7) is 3.76. The number of ketones is 1. The summed E-state index contributed by atoms with van der Waals surface area (Å²) >= 11 is 1.43. The van der Waals surface area contributed by atoms with Gasteiger partial charge in [0, 0.05) is 32.5 Å². The Balaban J connectivity index is 0.00000288. The number of hydrogen-bond donors (Lipinski definition) is 1. The van der Waals surface area contributed by atoms with Gasteiger partial charge in [0.2, 0.25) is 5.91 Å². The number of nitrogens with zero attached hydrogens (tertiary/aromatic N) is 2. The normalized spacial score (nSPS) is 18.8. The molecule has 1 aliphatic heterocycles. The highest BCUT2D eigenvalue weighted by Crippen LogP contribution is 2.20. The Hall–Kier alpha value is -1.47. The van der Waals surface area contributed by atoms with Crippen LogP contribution in [0.2, 0.25) is 0 Å². The largest absolute Gasteiger partial charge is 0.476 e. The van der Waals surface area contributed by atoms with Crippen LogP contribution in [0.3, 0.4) is 0 Å². The zero-order valence-corrected chi connectivity index (χ0v) is 15.8. The van der Waals surface area contributed by atoms with Crippen molar-refractivity contribution in [1.82, 2.24) is 14.9 Å². The van der Waals surface area contributed by atoms with Gasteiger partial charge in [-0.05, 0) is 26.3 Å². The van der Waals surface area contributed by atoms with Gasteiger partial charge < -0.3 is 14.6 Å². The summed E-state index contributed by atoms with van der Waals surface area (Å²) in [5.74, 6) is 0.432. The van der Waals surface area contributed by atoms with Crippen molar-refractivity contribution in [3.63, 3.8) is 0 Å². The number of halogens is 1. The summed E-state index contributed by atoms with van der Waals surface area (Å²) < 4.78 is 7.26. The van der Waals surface area contributed by atoms with Crippen LogP contribution in [0.5, 0.6) is 0 Å². The number of carbonyl (C=O) groups is 2. The standard InChI is InChI=1S/C16H23N3O3S.ClH/c1-12-10-19(3)15(17-12)23-11-13(20)6-4-7-14(21)18-16(2)8-5-9-22-16;/h5,9-10H,4,6-8,11H2,1-3H3,(H,18,21);1H. The summed E-state index contributed by atoms with van der Waals surface area (Å²) in [5.41, 5.74) is 0.309. The molecule has 1 aliphatic rings. The molecule has 0 saturated heterocycles. The van der Waals surface area contributed by atoms with Crippen LogP contribution in [-0.2, 0) is 21.4 Å². The number of Topliss-reactive ketones (excluding diaryl/α,β-unsaturated/α-hetero) is 1. The highest BCUT2D eigenvalue weighted by atomic mass is 35.5. The molecule has 134 valence electrons. The first-order chi connectivity index (χ1) is 10.9. The third kappa shape index (κ3) is 6.20. The molecule has 8 heteroatoms. The number of ether oxygens (including phenoxy) is 1. The third-order valence-corrected chi connectivity index (χ3v) is 4.62. The van der Waals surface area contributed by atoms with Crippen LogP contribution < -0.4 is 5.32 Å². The van der Waals surface area contributed by atoms with E-state index < -0.39 is 5.72 Å². The fourth-order valence-corrected chi connectivity index (χ4v) is 3.25. The fourth-order valence-electron chi connectivity index (χ4n) is 2.35. The molecule has 1 atom stereocenters. The Labute approximate surface area is 152 Å². The predicted molar refractivity (Wildman–Crippen MR) is 96.2 cm³/mol. The lowest BCUT2D eigenvalue weighted by atomic mass is 10.1. The Morgan fingerprint density at radius 1 is 1.46 bits per heavy atom. The lowest BCUT2D eigenvalue weighted by Gasteiger charge is -2.24. The molecule has 24 heavy (non-hydrogen) atoms. The first kappa shape index (κ1) is 20.6. The molecule has 1 N–H and O–H groups in total. The van der Waals surface area contributed by atoms with Gasteiger partial charge in [-0.2, -0.15) is 0 Å². The van der Waals surface area contributed by atoms with Gasteiger partial charge in [0.05, 0.1) is 17.7 Å². The number of hydrogen-bond acceptors (Lipinski definition) is 5. The van der Waals surface area contributed by atoms with E-state index >= 15 is 0 Å². The number of thioether (sulfide) groups is 1. The summed E-state index contributed by atoms with van der Waals surface area (Å²) in [5, 5.41) is 3.68. The molecule has 1 unspecified atom stereocenters. The van der Waals surface area contributed by atoms with Gasteiger partial charge in [-0.15, -0.1) is 12.4 Å². The summed E-state index contributed by atoms with van der Waals surface area (Å²) in [6.07, 6.45) is 7.35. The second-order valence-electron chi connectivity index (χ2n) is 5.93. The van der Waals surface area contributed by atoms with Crippen molar-refractivity contribution in [2.45, 2.75) is 50.4 Å². The average Bonchev–Trinajstić information content (AvgIpc) is 3.02. The highest BCUT2D eigenvalue weighted by Gasteiger charge is 2.28. The Morgan fingerprint density at radius 3 is 2.79 bits per heavy atom. The van der Waals surface area contributed by atoms with E-state index in [-0.39, 0.29) is 24.1 Å². The van der Waals surface area contributed by atoms with E-state index in [1.807, 2.05) is 37.7 Å². The van der Waals surface area contributed by atoms with Gasteiger partial charge in [0.15, 0.2) is 10.9 Å². The van der Waals surface area contributed by atoms with E-state index in [4.69, 9.17) is 4.74 Å². The topological polar surface area (TPSA) is 73.2 Å². The van der Waals surface area contributed by atoms with Crippen molar-refractivity contribution in [2.75, 3.05) is 5.75 Å². The molecule has 0 aliphatic carbocycles. The molecule has 0 fully saturated rings. The van der Waals surface area contributed by atoms with Gasteiger partial charge in [0.1, 0.15) is 5.78 Å². The van der Waals surface area contributed by atoms with Gasteiger partial charge >= 0.3 is 0 Å². The molecule has 2 heterocycles. The SMILES string of the molecule is Cc1cn(C)c(SCC(=O)CCCC(=O)NC2(C)CC=CO2)n1.Cl. The van der Waals surface area contributed by atoms with Crippen LogP contribution in [-0.4, -0.2) is 32.7 Å². The second kappa shape index (κ2) is 9.13. The van der Waals surface area contributed by atoms with E-state index in [2.05, 4.69) is 10.3 Å². The van der Waals surface area contributed by atoms with Crippen molar-refractivity contribution < 1.29 is 14.3 Å². The zero-order valence-electron chi connectivity index (χ0n) is 14.2. The number of amides is 1. The third-order valence-electron chi connectivity index (χ3n) is 3.51. The van der Waals surface area contributed by atoms with E-state index in [9.17, 15) is 9.59 Å². The lowest BCUT2D eigenvalue weighted by molar-refractivity contribution is -0.127. The van der Waals surface area contributed by atoms with E-state index in [1.165, 1.54) is 11.8 Å². The maximum absolute atomic E-state index is 11.9. The average molecular weight is 374 g/mol. The van der Waals surface area contributed by atoms with Crippen LogP contribution in [0.15, 0.2) is 23.7 Å². The quantitative estimate of drug-likeness (QED) is 0.709. The second-order valence-corrected chi connectivity index (χ2v) is 6.87. The zero-order chi connectivity index (χ0) is 16.9. The van der Waals surface area contributed by atoms with Crippen LogP contribution >= 0.6 is 24.2 Å². The van der Waals surface area contributed by atoms with Gasteiger partial charge in [0.25, 0.3) is 0 Å². The van der Waals surface area contributed by atoms with Gasteiger partial charge in [-0.3, -0.25) is 9.59 Å². The summed E-state index contributed by atoms with van der Waals surface area (Å²) in [7, 11) is 1.91. The molecule has 1 amide bonds. The molecule has 0 saturated carbocycles. The number of aromatic nitrogens is 2. The summed E-state index contributed by atoms with van der Waals surface area (Å²) in [6, 6.07) is 0. The molecule has 1 aromatic rings. The van der Waals surface area contributed by atoms with E-state index in [0.717, 1.165) is 10.9 Å². The van der Waals surface area contributed by atoms with Crippen LogP contribution in [0.1, 0.15) is 38.3 Å². The number of rotatable bonds is 8. The van der Waals surface area contributed by atoms with Crippen LogP contribution in [0.25, 0.3) is 0 Å². The van der Waals surface area contributed by atoms with Crippen molar-refractivity contribution >= 4 is 35.9 Å². The number of aryl methyl sites for hydroxylation is 2. The smallest absolute Gasteiger partial charge is 0.223 e. The van der Waals surface area contributed by atoms with Gasteiger partial charge in [-0.25, -0.2) is 4.98 Å². The van der Waals surface area contributed by atoms with Crippen molar-refractivity contribution in [2.24, 2.45) is 7.05 Å². The van der Waals surface area contributed by atoms with Crippen LogP contribution in [0.4, 0.5) is 0 Å². The molecule has 0 aromatic carbocycles. The molecular weight excluding hydrogens is 350 g/mol. The van der Waals surface area contributed by atoms with Crippen LogP contribution in [0, 0.1) is 6.92 Å². The maximum atomic E-state index is 11.9. The molecular formula is C16H24ClN3O3S. The molecule has 0 spiro atoms. The molecule has 2 rings (SSSR count). The van der Waals surface area contributed by atoms with Crippen molar-refractivity contribution in [3.05, 3.63) is 24.2 Å². The van der Waals surface area contributed by atoms with Gasteiger partial charge in [-0.1, -0.05) is 11.8 Å². The first-order valence-electron chi connectivity index (χ1n) is 7.66. The maximum Gasteiger partial charge on any atom is 0.223 e. The highest BCUT2D eigenvalue weighted by molar-refractivity contribution is 7.99. The van der Waals surface area contributed by atoms with E-state index in [0.29, 0.717) is 31.4 Å².